The molecule has 7 heteroatoms. The molecule has 7 nitrogen and oxygen atoms in total. The van der Waals surface area contributed by atoms with Crippen molar-refractivity contribution >= 4 is 5.96 Å². The van der Waals surface area contributed by atoms with Gasteiger partial charge >= 0.3 is 0 Å². The zero-order valence-corrected chi connectivity index (χ0v) is 14.0. The number of hydrogen-bond acceptors (Lipinski definition) is 5. The molecule has 0 saturated carbocycles. The molecule has 0 aliphatic rings. The Kier molecular flexibility index (Phi) is 5.96. The maximum Gasteiger partial charge on any atom is 0.213 e. The van der Waals surface area contributed by atoms with E-state index in [1.54, 1.807) is 14.2 Å². The van der Waals surface area contributed by atoms with Crippen LogP contribution in [0, 0.1) is 0 Å². The van der Waals surface area contributed by atoms with Crippen LogP contribution in [0.4, 0.5) is 0 Å². The average molecular weight is 317 g/mol. The summed E-state index contributed by atoms with van der Waals surface area (Å²) in [6.07, 6.45) is 0. The third kappa shape index (κ3) is 4.98. The van der Waals surface area contributed by atoms with Gasteiger partial charge in [-0.05, 0) is 12.0 Å². The molecule has 23 heavy (non-hydrogen) atoms. The average Bonchev–Trinajstić information content (AvgIpc) is 3.04. The summed E-state index contributed by atoms with van der Waals surface area (Å²) in [4.78, 5) is 8.52. The van der Waals surface area contributed by atoms with E-state index >= 15 is 0 Å². The highest BCUT2D eigenvalue weighted by molar-refractivity contribution is 5.79. The number of nitrogens with one attached hydrogen (secondary N) is 2. The summed E-state index contributed by atoms with van der Waals surface area (Å²) < 4.78 is 10.4. The van der Waals surface area contributed by atoms with Crippen molar-refractivity contribution in [2.24, 2.45) is 4.99 Å². The van der Waals surface area contributed by atoms with Gasteiger partial charge in [0.05, 0.1) is 31.6 Å². The molecule has 0 aliphatic carbocycles. The van der Waals surface area contributed by atoms with Gasteiger partial charge in [-0.25, -0.2) is 4.98 Å². The second-order valence-electron chi connectivity index (χ2n) is 5.32. The minimum atomic E-state index is 0.351. The van der Waals surface area contributed by atoms with Crippen molar-refractivity contribution in [1.82, 2.24) is 20.8 Å². The number of aliphatic imine (C=N–C) groups is 1. The molecule has 0 saturated heterocycles. The predicted molar refractivity (Wildman–Crippen MR) is 88.4 cm³/mol. The van der Waals surface area contributed by atoms with Gasteiger partial charge in [-0.2, -0.15) is 0 Å². The van der Waals surface area contributed by atoms with Crippen LogP contribution in [0.25, 0.3) is 0 Å². The lowest BCUT2D eigenvalue weighted by atomic mass is 10.1. The second-order valence-corrected chi connectivity index (χ2v) is 5.32. The number of ether oxygens (including phenoxy) is 1. The first-order valence-corrected chi connectivity index (χ1v) is 7.52. The van der Waals surface area contributed by atoms with Crippen LogP contribution in [0.15, 0.2) is 33.8 Å². The fourth-order valence-electron chi connectivity index (χ4n) is 1.92. The van der Waals surface area contributed by atoms with Crippen molar-refractivity contribution in [3.63, 3.8) is 0 Å². The molecule has 124 valence electrons. The smallest absolute Gasteiger partial charge is 0.213 e. The Morgan fingerprint density at radius 1 is 1.30 bits per heavy atom. The quantitative estimate of drug-likeness (QED) is 0.627. The lowest BCUT2D eigenvalue weighted by Crippen LogP contribution is -2.36. The Morgan fingerprint density at radius 2 is 2.09 bits per heavy atom. The first-order chi connectivity index (χ1) is 11.1. The first-order valence-electron chi connectivity index (χ1n) is 7.52. The minimum Gasteiger partial charge on any atom is -0.481 e. The summed E-state index contributed by atoms with van der Waals surface area (Å²) in [6, 6.07) is 7.59. The van der Waals surface area contributed by atoms with Gasteiger partial charge in [-0.1, -0.05) is 25.1 Å². The number of guanidine groups is 1. The monoisotopic (exact) mass is 317 g/mol. The van der Waals surface area contributed by atoms with E-state index in [9.17, 15) is 0 Å². The van der Waals surface area contributed by atoms with Crippen molar-refractivity contribution in [3.05, 3.63) is 41.4 Å². The lowest BCUT2D eigenvalue weighted by Gasteiger charge is -2.10. The molecular weight excluding hydrogens is 294 g/mol. The largest absolute Gasteiger partial charge is 0.481 e. The number of aromatic nitrogens is 2. The van der Waals surface area contributed by atoms with Crippen LogP contribution in [0.2, 0.25) is 0 Å². The molecule has 2 aromatic rings. The number of methoxy groups -OCH3 is 1. The topological polar surface area (TPSA) is 84.6 Å². The predicted octanol–water partition coefficient (Wildman–Crippen LogP) is 2.07. The van der Waals surface area contributed by atoms with E-state index in [-0.39, 0.29) is 0 Å². The van der Waals surface area contributed by atoms with Crippen LogP contribution < -0.4 is 15.4 Å². The van der Waals surface area contributed by atoms with Crippen molar-refractivity contribution in [2.45, 2.75) is 32.9 Å². The number of nitrogens with zero attached hydrogens (tertiary/aromatic N) is 3. The number of rotatable bonds is 6. The van der Waals surface area contributed by atoms with Crippen LogP contribution in [0.3, 0.4) is 0 Å². The summed E-state index contributed by atoms with van der Waals surface area (Å²) in [6.45, 7) is 5.23. The van der Waals surface area contributed by atoms with E-state index in [4.69, 9.17) is 9.26 Å². The zero-order chi connectivity index (χ0) is 16.7. The maximum absolute atomic E-state index is 5.29. The molecule has 0 amide bonds. The van der Waals surface area contributed by atoms with Gasteiger partial charge < -0.3 is 19.9 Å². The highest BCUT2D eigenvalue weighted by Crippen LogP contribution is 2.13. The van der Waals surface area contributed by atoms with Gasteiger partial charge in [-0.3, -0.25) is 4.99 Å². The Balaban J connectivity index is 1.85. The highest BCUT2D eigenvalue weighted by atomic mass is 16.5. The molecule has 0 fully saturated rings. The molecule has 0 aliphatic heterocycles. The number of pyridine rings is 1. The molecule has 0 radical (unpaired) electrons. The SMILES string of the molecule is CN=C(NCc1cccc(OC)n1)NCc1cc(C(C)C)no1. The Bertz CT molecular complexity index is 651. The van der Waals surface area contributed by atoms with E-state index in [1.807, 2.05) is 24.3 Å². The van der Waals surface area contributed by atoms with E-state index in [2.05, 4.69) is 39.6 Å². The summed E-state index contributed by atoms with van der Waals surface area (Å²) in [5.41, 5.74) is 1.82. The maximum atomic E-state index is 5.29. The molecule has 2 N–H and O–H groups in total. The molecule has 0 spiro atoms. The second kappa shape index (κ2) is 8.17. The van der Waals surface area contributed by atoms with Gasteiger partial charge in [0.2, 0.25) is 5.88 Å². The van der Waals surface area contributed by atoms with Gasteiger partial charge in [0.1, 0.15) is 0 Å². The molecule has 0 aromatic carbocycles. The molecule has 0 atom stereocenters. The van der Waals surface area contributed by atoms with Crippen LogP contribution in [-0.4, -0.2) is 30.3 Å². The van der Waals surface area contributed by atoms with Gasteiger partial charge in [-0.15, -0.1) is 0 Å². The molecular formula is C16H23N5O2. The zero-order valence-electron chi connectivity index (χ0n) is 14.0. The fourth-order valence-corrected chi connectivity index (χ4v) is 1.92. The summed E-state index contributed by atoms with van der Waals surface area (Å²) in [5.74, 6) is 2.38. The first kappa shape index (κ1) is 16.8. The van der Waals surface area contributed by atoms with Crippen molar-refractivity contribution < 1.29 is 9.26 Å². The van der Waals surface area contributed by atoms with Gasteiger partial charge in [0.15, 0.2) is 11.7 Å². The standard InChI is InChI=1S/C16H23N5O2/c1-11(2)14-8-13(23-21-14)10-19-16(17-3)18-9-12-6-5-7-15(20-12)22-4/h5-8,11H,9-10H2,1-4H3,(H2,17,18,19). The van der Waals surface area contributed by atoms with Crippen molar-refractivity contribution in [1.29, 1.82) is 0 Å². The molecule has 2 heterocycles. The number of hydrogen-bond donors (Lipinski definition) is 2. The Morgan fingerprint density at radius 3 is 2.74 bits per heavy atom. The summed E-state index contributed by atoms with van der Waals surface area (Å²) in [5, 5.41) is 10.4. The van der Waals surface area contributed by atoms with E-state index < -0.39 is 0 Å². The van der Waals surface area contributed by atoms with Crippen molar-refractivity contribution in [2.75, 3.05) is 14.2 Å². The van der Waals surface area contributed by atoms with Gasteiger partial charge in [0.25, 0.3) is 0 Å². The highest BCUT2D eigenvalue weighted by Gasteiger charge is 2.08. The van der Waals surface area contributed by atoms with Crippen LogP contribution >= 0.6 is 0 Å². The minimum absolute atomic E-state index is 0.351. The Hall–Kier alpha value is -2.57. The van der Waals surface area contributed by atoms with Crippen LogP contribution in [0.1, 0.15) is 36.9 Å². The van der Waals surface area contributed by atoms with E-state index in [0.29, 0.717) is 30.8 Å². The molecule has 2 aromatic heterocycles. The summed E-state index contributed by atoms with van der Waals surface area (Å²) >= 11 is 0. The van der Waals surface area contributed by atoms with E-state index in [0.717, 1.165) is 17.1 Å². The van der Waals surface area contributed by atoms with Crippen LogP contribution in [0.5, 0.6) is 5.88 Å². The third-order valence-electron chi connectivity index (χ3n) is 3.25. The van der Waals surface area contributed by atoms with Gasteiger partial charge in [0, 0.05) is 19.2 Å². The van der Waals surface area contributed by atoms with Crippen LogP contribution in [-0.2, 0) is 13.1 Å². The van der Waals surface area contributed by atoms with Crippen molar-refractivity contribution in [3.8, 4) is 5.88 Å². The molecule has 0 unspecified atom stereocenters. The fraction of sp³-hybridized carbons (Fsp3) is 0.438. The lowest BCUT2D eigenvalue weighted by molar-refractivity contribution is 0.372. The molecule has 0 bridgehead atoms. The van der Waals surface area contributed by atoms with E-state index in [1.165, 1.54) is 0 Å². The summed E-state index contributed by atoms with van der Waals surface area (Å²) in [7, 11) is 3.32. The third-order valence-corrected chi connectivity index (χ3v) is 3.25. The normalized spacial score (nSPS) is 11.6. The Labute approximate surface area is 136 Å². The molecule has 2 rings (SSSR count).